The highest BCUT2D eigenvalue weighted by molar-refractivity contribution is 5.89. The Labute approximate surface area is 181 Å². The predicted molar refractivity (Wildman–Crippen MR) is 111 cm³/mol. The molecule has 10 heteroatoms. The Kier molecular flexibility index (Phi) is 5.67. The first-order valence-electron chi connectivity index (χ1n) is 9.53. The Morgan fingerprint density at radius 3 is 2.50 bits per heavy atom. The van der Waals surface area contributed by atoms with Crippen LogP contribution in [0.5, 0.6) is 0 Å². The van der Waals surface area contributed by atoms with Gasteiger partial charge in [-0.2, -0.15) is 13.2 Å². The number of carbonyl (C=O) groups is 1. The molecule has 0 aliphatic heterocycles. The van der Waals surface area contributed by atoms with E-state index in [1.165, 1.54) is 12.4 Å². The van der Waals surface area contributed by atoms with Gasteiger partial charge in [-0.1, -0.05) is 6.07 Å². The predicted octanol–water partition coefficient (Wildman–Crippen LogP) is 4.37. The van der Waals surface area contributed by atoms with Gasteiger partial charge in [-0.25, -0.2) is 9.97 Å². The summed E-state index contributed by atoms with van der Waals surface area (Å²) in [6, 6.07) is 9.62. The number of nitrogens with zero attached hydrogens (tertiary/aromatic N) is 5. The fraction of sp³-hybridized carbons (Fsp3) is 0.136. The van der Waals surface area contributed by atoms with Gasteiger partial charge in [0.2, 0.25) is 5.91 Å². The summed E-state index contributed by atoms with van der Waals surface area (Å²) in [5.74, 6) is 0.0361. The monoisotopic (exact) mass is 438 g/mol. The smallest absolute Gasteiger partial charge is 0.325 e. The Hall–Kier alpha value is -4.08. The van der Waals surface area contributed by atoms with E-state index in [0.29, 0.717) is 17.2 Å². The Morgan fingerprint density at radius 2 is 1.81 bits per heavy atom. The Bertz CT molecular complexity index is 1240. The second-order valence-electron chi connectivity index (χ2n) is 6.96. The lowest BCUT2D eigenvalue weighted by molar-refractivity contribution is -0.141. The van der Waals surface area contributed by atoms with Crippen molar-refractivity contribution < 1.29 is 18.0 Å². The molecule has 1 N–H and O–H groups in total. The third-order valence-corrected chi connectivity index (χ3v) is 4.76. The molecule has 4 aromatic heterocycles. The molecule has 4 heterocycles. The maximum atomic E-state index is 12.9. The number of hydrogen-bond donors (Lipinski definition) is 1. The zero-order valence-electron chi connectivity index (χ0n) is 16.8. The molecule has 0 aliphatic rings. The topological polar surface area (TPSA) is 85.6 Å². The number of hydrogen-bond acceptors (Lipinski definition) is 5. The molecular formula is C22H17F3N6O. The Balaban J connectivity index is 1.45. The molecule has 0 aliphatic carbocycles. The van der Waals surface area contributed by atoms with E-state index in [2.05, 4.69) is 25.3 Å². The van der Waals surface area contributed by atoms with Crippen LogP contribution >= 0.6 is 0 Å². The van der Waals surface area contributed by atoms with E-state index in [1.54, 1.807) is 36.1 Å². The molecule has 0 saturated heterocycles. The summed E-state index contributed by atoms with van der Waals surface area (Å²) in [6.45, 7) is 1.62. The van der Waals surface area contributed by atoms with E-state index < -0.39 is 11.9 Å². The molecule has 0 aromatic carbocycles. The molecule has 32 heavy (non-hydrogen) atoms. The van der Waals surface area contributed by atoms with Crippen molar-refractivity contribution >= 4 is 11.7 Å². The zero-order chi connectivity index (χ0) is 22.7. The van der Waals surface area contributed by atoms with Crippen molar-refractivity contribution in [2.75, 3.05) is 5.32 Å². The largest absolute Gasteiger partial charge is 0.433 e. The molecule has 0 atom stereocenters. The maximum absolute atomic E-state index is 12.9. The third-order valence-electron chi connectivity index (χ3n) is 4.76. The molecule has 0 bridgehead atoms. The van der Waals surface area contributed by atoms with Gasteiger partial charge in [0, 0.05) is 47.2 Å². The van der Waals surface area contributed by atoms with Crippen LogP contribution in [-0.4, -0.2) is 30.4 Å². The lowest BCUT2D eigenvalue weighted by Gasteiger charge is -2.09. The van der Waals surface area contributed by atoms with Crippen LogP contribution in [0.25, 0.3) is 22.4 Å². The summed E-state index contributed by atoms with van der Waals surface area (Å²) in [6.07, 6.45) is 2.98. The minimum Gasteiger partial charge on any atom is -0.325 e. The fourth-order valence-corrected chi connectivity index (χ4v) is 3.13. The summed E-state index contributed by atoms with van der Waals surface area (Å²) >= 11 is 0. The quantitative estimate of drug-likeness (QED) is 0.500. The van der Waals surface area contributed by atoms with Gasteiger partial charge < -0.3 is 9.88 Å². The summed E-state index contributed by atoms with van der Waals surface area (Å²) in [5, 5.41) is 2.70. The standard InChI is InChI=1S/C22H17F3N6O/c1-14-21(15-6-8-27-18(9-15)22(23,24)25)29-13-31(14)12-20(32)30-19-5-4-17(11-28-19)16-3-2-7-26-10-16/h2-11,13H,12H2,1H3,(H,28,30,32). The number of rotatable bonds is 5. The molecule has 7 nitrogen and oxygen atoms in total. The number of pyridine rings is 3. The molecule has 0 radical (unpaired) electrons. The van der Waals surface area contributed by atoms with Crippen LogP contribution in [0.1, 0.15) is 11.4 Å². The number of aromatic nitrogens is 5. The number of carbonyl (C=O) groups excluding carboxylic acids is 1. The molecule has 0 saturated carbocycles. The number of alkyl halides is 3. The average molecular weight is 438 g/mol. The summed E-state index contributed by atoms with van der Waals surface area (Å²) < 4.78 is 40.4. The number of halogens is 3. The first kappa shape index (κ1) is 21.2. The van der Waals surface area contributed by atoms with Crippen LogP contribution in [0.4, 0.5) is 19.0 Å². The van der Waals surface area contributed by atoms with Crippen molar-refractivity contribution in [2.45, 2.75) is 19.6 Å². The van der Waals surface area contributed by atoms with Crippen LogP contribution in [-0.2, 0) is 17.5 Å². The van der Waals surface area contributed by atoms with Gasteiger partial charge in [0.1, 0.15) is 18.1 Å². The minimum absolute atomic E-state index is 0.0674. The first-order valence-corrected chi connectivity index (χ1v) is 9.53. The SMILES string of the molecule is Cc1c(-c2ccnc(C(F)(F)F)c2)ncn1CC(=O)Nc1ccc(-c2cccnc2)cn1. The normalized spacial score (nSPS) is 11.4. The molecule has 4 aromatic rings. The van der Waals surface area contributed by atoms with Gasteiger partial charge >= 0.3 is 6.18 Å². The molecule has 0 fully saturated rings. The summed E-state index contributed by atoms with van der Waals surface area (Å²) in [4.78, 5) is 28.3. The second-order valence-corrected chi connectivity index (χ2v) is 6.96. The van der Waals surface area contributed by atoms with Crippen molar-refractivity contribution in [1.82, 2.24) is 24.5 Å². The number of nitrogens with one attached hydrogen (secondary N) is 1. The van der Waals surface area contributed by atoms with Crippen LogP contribution in [0.15, 0.2) is 67.5 Å². The van der Waals surface area contributed by atoms with Crippen LogP contribution in [0, 0.1) is 6.92 Å². The van der Waals surface area contributed by atoms with Crippen molar-refractivity contribution in [2.24, 2.45) is 0 Å². The number of imidazole rings is 1. The van der Waals surface area contributed by atoms with Gasteiger partial charge in [0.05, 0.1) is 12.0 Å². The fourth-order valence-electron chi connectivity index (χ4n) is 3.13. The molecular weight excluding hydrogens is 421 g/mol. The summed E-state index contributed by atoms with van der Waals surface area (Å²) in [5.41, 5.74) is 1.95. The van der Waals surface area contributed by atoms with Gasteiger partial charge in [0.15, 0.2) is 0 Å². The first-order chi connectivity index (χ1) is 15.3. The highest BCUT2D eigenvalue weighted by Crippen LogP contribution is 2.31. The van der Waals surface area contributed by atoms with E-state index in [4.69, 9.17) is 0 Å². The van der Waals surface area contributed by atoms with Crippen LogP contribution in [0.3, 0.4) is 0 Å². The molecule has 0 unspecified atom stereocenters. The summed E-state index contributed by atoms with van der Waals surface area (Å²) in [7, 11) is 0. The van der Waals surface area contributed by atoms with E-state index >= 15 is 0 Å². The third kappa shape index (κ3) is 4.64. The van der Waals surface area contributed by atoms with Crippen molar-refractivity contribution in [3.05, 3.63) is 78.9 Å². The van der Waals surface area contributed by atoms with E-state index in [-0.39, 0.29) is 18.0 Å². The van der Waals surface area contributed by atoms with Gasteiger partial charge in [-0.3, -0.25) is 14.8 Å². The van der Waals surface area contributed by atoms with Gasteiger partial charge in [-0.05, 0) is 37.3 Å². The Morgan fingerprint density at radius 1 is 1.00 bits per heavy atom. The highest BCUT2D eigenvalue weighted by Gasteiger charge is 2.32. The second kappa shape index (κ2) is 8.58. The van der Waals surface area contributed by atoms with Crippen molar-refractivity contribution in [3.8, 4) is 22.4 Å². The van der Waals surface area contributed by atoms with E-state index in [1.807, 2.05) is 18.2 Å². The molecule has 0 spiro atoms. The van der Waals surface area contributed by atoms with Gasteiger partial charge in [-0.15, -0.1) is 0 Å². The van der Waals surface area contributed by atoms with Crippen LogP contribution in [0.2, 0.25) is 0 Å². The molecule has 162 valence electrons. The lowest BCUT2D eigenvalue weighted by atomic mass is 10.1. The minimum atomic E-state index is -4.55. The highest BCUT2D eigenvalue weighted by atomic mass is 19.4. The molecule has 4 rings (SSSR count). The zero-order valence-corrected chi connectivity index (χ0v) is 16.8. The van der Waals surface area contributed by atoms with Crippen LogP contribution < -0.4 is 5.32 Å². The molecule has 1 amide bonds. The average Bonchev–Trinajstić information content (AvgIpc) is 3.14. The maximum Gasteiger partial charge on any atom is 0.433 e. The van der Waals surface area contributed by atoms with Crippen molar-refractivity contribution in [3.63, 3.8) is 0 Å². The van der Waals surface area contributed by atoms with E-state index in [0.717, 1.165) is 23.4 Å². The van der Waals surface area contributed by atoms with Gasteiger partial charge in [0.25, 0.3) is 0 Å². The number of anilines is 1. The van der Waals surface area contributed by atoms with E-state index in [9.17, 15) is 18.0 Å². The number of amides is 1. The lowest BCUT2D eigenvalue weighted by Crippen LogP contribution is -2.19. The van der Waals surface area contributed by atoms with Crippen molar-refractivity contribution in [1.29, 1.82) is 0 Å².